The van der Waals surface area contributed by atoms with E-state index in [0.29, 0.717) is 6.04 Å². The van der Waals surface area contributed by atoms with Crippen LogP contribution in [0.5, 0.6) is 0 Å². The molecule has 0 spiro atoms. The van der Waals surface area contributed by atoms with Gasteiger partial charge in [0.15, 0.2) is 0 Å². The molecule has 0 heterocycles. The van der Waals surface area contributed by atoms with Crippen LogP contribution in [0.15, 0.2) is 24.3 Å². The minimum absolute atomic E-state index is 0.712. The van der Waals surface area contributed by atoms with E-state index in [4.69, 9.17) is 11.6 Å². The molecule has 1 aromatic rings. The third kappa shape index (κ3) is 3.72. The van der Waals surface area contributed by atoms with Gasteiger partial charge in [0.2, 0.25) is 0 Å². The summed E-state index contributed by atoms with van der Waals surface area (Å²) in [7, 11) is 0. The van der Waals surface area contributed by atoms with Gasteiger partial charge in [-0.2, -0.15) is 0 Å². The molecular formula is C15H22ClN. The van der Waals surface area contributed by atoms with E-state index in [0.717, 1.165) is 17.5 Å². The molecule has 0 aliphatic heterocycles. The molecule has 1 fully saturated rings. The van der Waals surface area contributed by atoms with Gasteiger partial charge in [0.1, 0.15) is 0 Å². The van der Waals surface area contributed by atoms with Gasteiger partial charge in [-0.25, -0.2) is 0 Å². The molecule has 2 unspecified atom stereocenters. The number of hydrogen-bond donors (Lipinski definition) is 1. The molecule has 2 rings (SSSR count). The van der Waals surface area contributed by atoms with Crippen molar-refractivity contribution in [3.8, 4) is 0 Å². The summed E-state index contributed by atoms with van der Waals surface area (Å²) >= 11 is 5.94. The number of benzene rings is 1. The Morgan fingerprint density at radius 1 is 1.24 bits per heavy atom. The average molecular weight is 252 g/mol. The standard InChI is InChI=1S/C15H22ClN/c1-2-10-17-15-5-3-4-13(11-15)12-6-8-14(16)9-7-12/h6-9,13,15,17H,2-5,10-11H2,1H3. The molecule has 0 amide bonds. The van der Waals surface area contributed by atoms with E-state index < -0.39 is 0 Å². The topological polar surface area (TPSA) is 12.0 Å². The summed E-state index contributed by atoms with van der Waals surface area (Å²) in [4.78, 5) is 0. The van der Waals surface area contributed by atoms with Crippen molar-refractivity contribution in [2.45, 2.75) is 51.0 Å². The third-order valence-electron chi connectivity index (χ3n) is 3.70. The molecule has 1 aromatic carbocycles. The summed E-state index contributed by atoms with van der Waals surface area (Å²) in [6.45, 7) is 3.38. The summed E-state index contributed by atoms with van der Waals surface area (Å²) in [6.07, 6.45) is 6.51. The molecule has 2 heteroatoms. The Morgan fingerprint density at radius 3 is 2.71 bits per heavy atom. The molecule has 0 radical (unpaired) electrons. The van der Waals surface area contributed by atoms with Crippen LogP contribution < -0.4 is 5.32 Å². The molecule has 17 heavy (non-hydrogen) atoms. The lowest BCUT2D eigenvalue weighted by atomic mass is 9.81. The van der Waals surface area contributed by atoms with E-state index >= 15 is 0 Å². The second-order valence-electron chi connectivity index (χ2n) is 5.07. The predicted octanol–water partition coefficient (Wildman–Crippen LogP) is 4.37. The largest absolute Gasteiger partial charge is 0.314 e. The SMILES string of the molecule is CCCNC1CCCC(c2ccc(Cl)cc2)C1. The van der Waals surface area contributed by atoms with E-state index in [1.165, 1.54) is 37.7 Å². The number of halogens is 1. The van der Waals surface area contributed by atoms with Gasteiger partial charge >= 0.3 is 0 Å². The number of nitrogens with one attached hydrogen (secondary N) is 1. The Labute approximate surface area is 110 Å². The molecule has 1 nitrogen and oxygen atoms in total. The first-order valence-electron chi connectivity index (χ1n) is 6.78. The van der Waals surface area contributed by atoms with Gasteiger partial charge in [0, 0.05) is 11.1 Å². The van der Waals surface area contributed by atoms with Gasteiger partial charge < -0.3 is 5.32 Å². The predicted molar refractivity (Wildman–Crippen MR) is 74.7 cm³/mol. The minimum Gasteiger partial charge on any atom is -0.314 e. The molecule has 94 valence electrons. The van der Waals surface area contributed by atoms with Crippen LogP contribution in [0.3, 0.4) is 0 Å². The van der Waals surface area contributed by atoms with Gasteiger partial charge in [-0.15, -0.1) is 0 Å². The van der Waals surface area contributed by atoms with Crippen LogP contribution >= 0.6 is 11.6 Å². The van der Waals surface area contributed by atoms with Crippen molar-refractivity contribution in [1.29, 1.82) is 0 Å². The van der Waals surface area contributed by atoms with Crippen molar-refractivity contribution >= 4 is 11.6 Å². The van der Waals surface area contributed by atoms with Crippen LogP contribution in [0, 0.1) is 0 Å². The Morgan fingerprint density at radius 2 is 2.00 bits per heavy atom. The van der Waals surface area contributed by atoms with Crippen LogP contribution in [0.2, 0.25) is 5.02 Å². The van der Waals surface area contributed by atoms with Gasteiger partial charge in [-0.05, 0) is 55.8 Å². The van der Waals surface area contributed by atoms with Crippen molar-refractivity contribution < 1.29 is 0 Å². The maximum atomic E-state index is 5.94. The van der Waals surface area contributed by atoms with Crippen LogP contribution in [-0.2, 0) is 0 Å². The lowest BCUT2D eigenvalue weighted by Crippen LogP contribution is -2.33. The fourth-order valence-electron chi connectivity index (χ4n) is 2.76. The molecule has 0 aromatic heterocycles. The zero-order valence-corrected chi connectivity index (χ0v) is 11.3. The Bertz CT molecular complexity index is 333. The van der Waals surface area contributed by atoms with E-state index in [2.05, 4.69) is 24.4 Å². The van der Waals surface area contributed by atoms with Crippen LogP contribution in [0.4, 0.5) is 0 Å². The summed E-state index contributed by atoms with van der Waals surface area (Å²) in [5.41, 5.74) is 1.46. The Hall–Kier alpha value is -0.530. The first-order valence-corrected chi connectivity index (χ1v) is 7.16. The monoisotopic (exact) mass is 251 g/mol. The molecule has 2 atom stereocenters. The van der Waals surface area contributed by atoms with Gasteiger partial charge in [-0.1, -0.05) is 37.1 Å². The molecular weight excluding hydrogens is 230 g/mol. The maximum absolute atomic E-state index is 5.94. The number of rotatable bonds is 4. The van der Waals surface area contributed by atoms with Crippen molar-refractivity contribution in [3.05, 3.63) is 34.9 Å². The zero-order chi connectivity index (χ0) is 12.1. The first kappa shape index (κ1) is 12.9. The molecule has 1 aliphatic rings. The fourth-order valence-corrected chi connectivity index (χ4v) is 2.89. The van der Waals surface area contributed by atoms with E-state index in [1.807, 2.05) is 12.1 Å². The van der Waals surface area contributed by atoms with Crippen molar-refractivity contribution in [2.24, 2.45) is 0 Å². The Balaban J connectivity index is 1.94. The highest BCUT2D eigenvalue weighted by Gasteiger charge is 2.22. The molecule has 0 saturated heterocycles. The second kappa shape index (κ2) is 6.42. The summed E-state index contributed by atoms with van der Waals surface area (Å²) < 4.78 is 0. The van der Waals surface area contributed by atoms with Crippen molar-refractivity contribution in [2.75, 3.05) is 6.54 Å². The Kier molecular flexibility index (Phi) is 4.87. The highest BCUT2D eigenvalue weighted by atomic mass is 35.5. The van der Waals surface area contributed by atoms with E-state index in [9.17, 15) is 0 Å². The lowest BCUT2D eigenvalue weighted by Gasteiger charge is -2.30. The summed E-state index contributed by atoms with van der Waals surface area (Å²) in [5.74, 6) is 0.718. The normalized spacial score (nSPS) is 24.8. The molecule has 1 aliphatic carbocycles. The van der Waals surface area contributed by atoms with E-state index in [1.54, 1.807) is 0 Å². The molecule has 1 saturated carbocycles. The smallest absolute Gasteiger partial charge is 0.0406 e. The highest BCUT2D eigenvalue weighted by Crippen LogP contribution is 2.33. The first-order chi connectivity index (χ1) is 8.29. The third-order valence-corrected chi connectivity index (χ3v) is 3.95. The quantitative estimate of drug-likeness (QED) is 0.838. The van der Waals surface area contributed by atoms with Crippen molar-refractivity contribution in [1.82, 2.24) is 5.32 Å². The number of hydrogen-bond acceptors (Lipinski definition) is 1. The highest BCUT2D eigenvalue weighted by molar-refractivity contribution is 6.30. The van der Waals surface area contributed by atoms with Gasteiger partial charge in [0.25, 0.3) is 0 Å². The minimum atomic E-state index is 0.712. The average Bonchev–Trinajstić information content (AvgIpc) is 2.37. The zero-order valence-electron chi connectivity index (χ0n) is 10.6. The fraction of sp³-hybridized carbons (Fsp3) is 0.600. The second-order valence-corrected chi connectivity index (χ2v) is 5.50. The van der Waals surface area contributed by atoms with Gasteiger partial charge in [0.05, 0.1) is 0 Å². The van der Waals surface area contributed by atoms with E-state index in [-0.39, 0.29) is 0 Å². The lowest BCUT2D eigenvalue weighted by molar-refractivity contribution is 0.340. The van der Waals surface area contributed by atoms with Crippen LogP contribution in [0.25, 0.3) is 0 Å². The van der Waals surface area contributed by atoms with Crippen LogP contribution in [0.1, 0.15) is 50.5 Å². The maximum Gasteiger partial charge on any atom is 0.0406 e. The van der Waals surface area contributed by atoms with Crippen LogP contribution in [-0.4, -0.2) is 12.6 Å². The van der Waals surface area contributed by atoms with Gasteiger partial charge in [-0.3, -0.25) is 0 Å². The van der Waals surface area contributed by atoms with Crippen molar-refractivity contribution in [3.63, 3.8) is 0 Å². The molecule has 0 bridgehead atoms. The summed E-state index contributed by atoms with van der Waals surface area (Å²) in [5, 5.41) is 4.49. The molecule has 1 N–H and O–H groups in total. The summed E-state index contributed by atoms with van der Waals surface area (Å²) in [6, 6.07) is 9.12.